The Morgan fingerprint density at radius 3 is 2.62 bits per heavy atom. The average Bonchev–Trinajstić information content (AvgIpc) is 3.53. The summed E-state index contributed by atoms with van der Waals surface area (Å²) in [4.78, 5) is 19.4. The number of hydrogen-bond donors (Lipinski definition) is 2. The number of anilines is 1. The zero-order valence-corrected chi connectivity index (χ0v) is 21.2. The van der Waals surface area contributed by atoms with Crippen LogP contribution < -0.4 is 10.6 Å². The van der Waals surface area contributed by atoms with E-state index in [1.807, 2.05) is 59.5 Å². The van der Waals surface area contributed by atoms with Gasteiger partial charge in [-0.05, 0) is 78.8 Å². The molecule has 8 heteroatoms. The van der Waals surface area contributed by atoms with E-state index in [9.17, 15) is 9.18 Å². The molecule has 1 saturated heterocycles. The van der Waals surface area contributed by atoms with Crippen LogP contribution in [0.25, 0.3) is 11.3 Å². The highest BCUT2D eigenvalue weighted by Gasteiger charge is 2.41. The molecule has 0 bridgehead atoms. The zero-order chi connectivity index (χ0) is 25.8. The van der Waals surface area contributed by atoms with Crippen molar-refractivity contribution >= 4 is 28.9 Å². The van der Waals surface area contributed by atoms with Gasteiger partial charge >= 0.3 is 0 Å². The van der Waals surface area contributed by atoms with Gasteiger partial charge in [0.2, 0.25) is 5.91 Å². The van der Waals surface area contributed by atoms with Crippen molar-refractivity contribution < 1.29 is 13.6 Å². The molecule has 6 nitrogen and oxygen atoms in total. The summed E-state index contributed by atoms with van der Waals surface area (Å²) in [5.41, 5.74) is 3.51. The third kappa shape index (κ3) is 5.39. The van der Waals surface area contributed by atoms with Gasteiger partial charge in [0.15, 0.2) is 5.11 Å². The first-order valence-electron chi connectivity index (χ1n) is 12.2. The summed E-state index contributed by atoms with van der Waals surface area (Å²) in [6.45, 7) is 2.46. The first-order valence-corrected chi connectivity index (χ1v) is 12.7. The highest BCUT2D eigenvalue weighted by atomic mass is 32.1. The fourth-order valence-electron chi connectivity index (χ4n) is 4.62. The third-order valence-corrected chi connectivity index (χ3v) is 6.85. The van der Waals surface area contributed by atoms with Gasteiger partial charge in [0, 0.05) is 30.4 Å². The van der Waals surface area contributed by atoms with Gasteiger partial charge in [-0.1, -0.05) is 31.2 Å². The topological polar surface area (TPSA) is 70.4 Å². The van der Waals surface area contributed by atoms with Crippen LogP contribution in [0.2, 0.25) is 0 Å². The molecule has 1 amide bonds. The number of amides is 1. The summed E-state index contributed by atoms with van der Waals surface area (Å²) in [6, 6.07) is 22.9. The average molecular weight is 515 g/mol. The summed E-state index contributed by atoms with van der Waals surface area (Å²) in [7, 11) is 0. The van der Waals surface area contributed by atoms with Gasteiger partial charge in [0.1, 0.15) is 23.4 Å². The summed E-state index contributed by atoms with van der Waals surface area (Å²) < 4.78 is 19.7. The Labute approximate surface area is 220 Å². The number of rotatable bonds is 8. The lowest BCUT2D eigenvalue weighted by atomic mass is 10.0. The van der Waals surface area contributed by atoms with E-state index in [2.05, 4.69) is 22.5 Å². The molecule has 3 heterocycles. The minimum atomic E-state index is -0.313. The van der Waals surface area contributed by atoms with Crippen LogP contribution in [-0.2, 0) is 11.2 Å². The molecular weight excluding hydrogens is 487 g/mol. The van der Waals surface area contributed by atoms with Crippen molar-refractivity contribution in [3.8, 4) is 11.3 Å². The Kier molecular flexibility index (Phi) is 7.28. The number of furan rings is 1. The Bertz CT molecular complexity index is 1390. The van der Waals surface area contributed by atoms with Crippen LogP contribution in [0.1, 0.15) is 42.4 Å². The van der Waals surface area contributed by atoms with Crippen molar-refractivity contribution in [1.29, 1.82) is 0 Å². The molecule has 2 aromatic carbocycles. The van der Waals surface area contributed by atoms with Crippen LogP contribution in [0.5, 0.6) is 0 Å². The number of carbonyl (C=O) groups excluding carboxylic acids is 1. The molecule has 1 fully saturated rings. The maximum atomic E-state index is 13.4. The fourth-order valence-corrected chi connectivity index (χ4v) is 4.95. The van der Waals surface area contributed by atoms with Gasteiger partial charge in [-0.2, -0.15) is 0 Å². The number of aromatic nitrogens is 1. The lowest BCUT2D eigenvalue weighted by Gasteiger charge is -2.26. The minimum Gasteiger partial charge on any atom is -0.459 e. The van der Waals surface area contributed by atoms with Crippen molar-refractivity contribution in [2.75, 3.05) is 11.9 Å². The molecule has 1 aliphatic heterocycles. The van der Waals surface area contributed by atoms with Gasteiger partial charge in [0.25, 0.3) is 0 Å². The Hall–Kier alpha value is -4.04. The molecule has 2 N–H and O–H groups in total. The van der Waals surface area contributed by atoms with Crippen LogP contribution in [0.3, 0.4) is 0 Å². The predicted octanol–water partition coefficient (Wildman–Crippen LogP) is 6.04. The Balaban J connectivity index is 1.39. The molecular formula is C29H27FN4O2S. The monoisotopic (exact) mass is 514 g/mol. The van der Waals surface area contributed by atoms with Gasteiger partial charge in [0.05, 0.1) is 11.7 Å². The highest BCUT2D eigenvalue weighted by Crippen LogP contribution is 2.40. The molecule has 1 aliphatic rings. The first-order chi connectivity index (χ1) is 18.0. The van der Waals surface area contributed by atoms with E-state index in [-0.39, 0.29) is 30.2 Å². The largest absolute Gasteiger partial charge is 0.459 e. The standard InChI is InChI=1S/C29H27FN4O2S/c1-2-19-7-3-4-8-22(19)32-26(35)16-18-34-28(27(33-29(34)37)23-9-5-6-17-31-23)25-15-14-24(36-25)20-10-12-21(30)13-11-20/h3-15,17,27-28H,2,16,18H2,1H3,(H,32,35)(H,33,37). The van der Waals surface area contributed by atoms with Gasteiger partial charge < -0.3 is 20.0 Å². The highest BCUT2D eigenvalue weighted by molar-refractivity contribution is 7.80. The summed E-state index contributed by atoms with van der Waals surface area (Å²) >= 11 is 5.70. The maximum Gasteiger partial charge on any atom is 0.226 e. The van der Waals surface area contributed by atoms with E-state index < -0.39 is 0 Å². The van der Waals surface area contributed by atoms with Crippen molar-refractivity contribution in [2.24, 2.45) is 0 Å². The number of pyridine rings is 1. The molecule has 0 spiro atoms. The van der Waals surface area contributed by atoms with Crippen molar-refractivity contribution in [1.82, 2.24) is 15.2 Å². The molecule has 5 rings (SSSR count). The number of aryl methyl sites for hydroxylation is 1. The lowest BCUT2D eigenvalue weighted by molar-refractivity contribution is -0.116. The number of thiocarbonyl (C=S) groups is 1. The molecule has 37 heavy (non-hydrogen) atoms. The number of nitrogens with zero attached hydrogens (tertiary/aromatic N) is 2. The Morgan fingerprint density at radius 2 is 1.86 bits per heavy atom. The minimum absolute atomic E-state index is 0.0878. The molecule has 0 radical (unpaired) electrons. The fraction of sp³-hybridized carbons (Fsp3) is 0.207. The molecule has 2 atom stereocenters. The quantitative estimate of drug-likeness (QED) is 0.279. The first kappa shape index (κ1) is 24.6. The van der Waals surface area contributed by atoms with Gasteiger partial charge in [-0.25, -0.2) is 4.39 Å². The van der Waals surface area contributed by atoms with E-state index in [1.165, 1.54) is 12.1 Å². The van der Waals surface area contributed by atoms with Crippen LogP contribution in [0, 0.1) is 5.82 Å². The Morgan fingerprint density at radius 1 is 1.08 bits per heavy atom. The van der Waals surface area contributed by atoms with E-state index in [4.69, 9.17) is 16.6 Å². The van der Waals surface area contributed by atoms with Crippen molar-refractivity contribution in [3.63, 3.8) is 0 Å². The number of halogens is 1. The molecule has 188 valence electrons. The molecule has 4 aromatic rings. The summed E-state index contributed by atoms with van der Waals surface area (Å²) in [5.74, 6) is 0.915. The number of nitrogens with one attached hydrogen (secondary N) is 2. The number of hydrogen-bond acceptors (Lipinski definition) is 4. The van der Waals surface area contributed by atoms with Crippen LogP contribution >= 0.6 is 12.2 Å². The van der Waals surface area contributed by atoms with E-state index in [0.717, 1.165) is 28.9 Å². The van der Waals surface area contributed by atoms with Crippen LogP contribution in [0.15, 0.2) is 89.5 Å². The second-order valence-corrected chi connectivity index (χ2v) is 9.22. The van der Waals surface area contributed by atoms with Crippen LogP contribution in [-0.4, -0.2) is 27.4 Å². The van der Waals surface area contributed by atoms with Crippen molar-refractivity contribution in [3.05, 3.63) is 108 Å². The van der Waals surface area contributed by atoms with Gasteiger partial charge in [-0.15, -0.1) is 0 Å². The number of benzene rings is 2. The summed E-state index contributed by atoms with van der Waals surface area (Å²) in [6.07, 6.45) is 2.82. The molecule has 0 saturated carbocycles. The second-order valence-electron chi connectivity index (χ2n) is 8.84. The van der Waals surface area contributed by atoms with E-state index in [0.29, 0.717) is 23.2 Å². The number of carbonyl (C=O) groups is 1. The summed E-state index contributed by atoms with van der Waals surface area (Å²) in [5, 5.41) is 6.93. The smallest absolute Gasteiger partial charge is 0.226 e. The van der Waals surface area contributed by atoms with E-state index >= 15 is 0 Å². The zero-order valence-electron chi connectivity index (χ0n) is 20.4. The lowest BCUT2D eigenvalue weighted by Crippen LogP contribution is -2.32. The maximum absolute atomic E-state index is 13.4. The normalized spacial score (nSPS) is 17.0. The number of para-hydroxylation sites is 1. The van der Waals surface area contributed by atoms with Crippen LogP contribution in [0.4, 0.5) is 10.1 Å². The third-order valence-electron chi connectivity index (χ3n) is 6.50. The second kappa shape index (κ2) is 10.9. The van der Waals surface area contributed by atoms with Gasteiger partial charge in [-0.3, -0.25) is 9.78 Å². The molecule has 2 aromatic heterocycles. The van der Waals surface area contributed by atoms with Crippen molar-refractivity contribution in [2.45, 2.75) is 31.8 Å². The SMILES string of the molecule is CCc1ccccc1NC(=O)CCN1C(=S)NC(c2ccccn2)C1c1ccc(-c2ccc(F)cc2)o1. The predicted molar refractivity (Wildman–Crippen MR) is 145 cm³/mol. The molecule has 0 aliphatic carbocycles. The van der Waals surface area contributed by atoms with E-state index in [1.54, 1.807) is 18.3 Å². The molecule has 2 unspecified atom stereocenters.